The summed E-state index contributed by atoms with van der Waals surface area (Å²) in [4.78, 5) is 16.4. The number of alkyl halides is 2. The normalized spacial score (nSPS) is 16.3. The van der Waals surface area contributed by atoms with E-state index in [2.05, 4.69) is 14.2 Å². The number of carbonyl (C=O) groups is 1. The van der Waals surface area contributed by atoms with Crippen molar-refractivity contribution in [1.82, 2.24) is 4.98 Å². The number of hydrogen-bond donors (Lipinski definition) is 0. The molecule has 0 fully saturated rings. The number of esters is 1. The Morgan fingerprint density at radius 2 is 2.11 bits per heavy atom. The second-order valence-electron chi connectivity index (χ2n) is 6.54. The number of aromatic nitrogens is 1. The summed E-state index contributed by atoms with van der Waals surface area (Å²) in [6.45, 7) is 1.80. The topological polar surface area (TPSA) is 48.4 Å². The Morgan fingerprint density at radius 1 is 1.36 bits per heavy atom. The van der Waals surface area contributed by atoms with Gasteiger partial charge in [0.2, 0.25) is 5.88 Å². The highest BCUT2D eigenvalue weighted by molar-refractivity contribution is 7.27. The molecule has 9 heteroatoms. The van der Waals surface area contributed by atoms with Crippen molar-refractivity contribution in [3.05, 3.63) is 41.3 Å². The average Bonchev–Trinajstić information content (AvgIpc) is 2.59. The predicted molar refractivity (Wildman–Crippen MR) is 107 cm³/mol. The summed E-state index contributed by atoms with van der Waals surface area (Å²) in [6.07, 6.45) is -0.521. The van der Waals surface area contributed by atoms with E-state index in [0.29, 0.717) is 29.3 Å². The van der Waals surface area contributed by atoms with E-state index in [0.717, 1.165) is 0 Å². The maximum atomic E-state index is 14.6. The number of hydrogen-bond acceptors (Lipinski definition) is 4. The highest BCUT2D eigenvalue weighted by Crippen LogP contribution is 2.39. The van der Waals surface area contributed by atoms with Gasteiger partial charge in [-0.25, -0.2) is 22.9 Å². The Labute approximate surface area is 165 Å². The van der Waals surface area contributed by atoms with Crippen molar-refractivity contribution in [2.75, 3.05) is 6.61 Å². The van der Waals surface area contributed by atoms with Crippen molar-refractivity contribution in [2.24, 2.45) is 0 Å². The molecule has 1 aromatic carbocycles. The van der Waals surface area contributed by atoms with Gasteiger partial charge in [-0.15, -0.1) is 9.24 Å². The third-order valence-electron chi connectivity index (χ3n) is 4.35. The Bertz CT molecular complexity index is 903. The van der Waals surface area contributed by atoms with Gasteiger partial charge in [0.05, 0.1) is 13.0 Å². The van der Waals surface area contributed by atoms with Crippen molar-refractivity contribution in [1.29, 1.82) is 0 Å². The van der Waals surface area contributed by atoms with Crippen LogP contribution in [0.4, 0.5) is 13.2 Å². The molecule has 0 radical (unpaired) electrons. The molecule has 2 heterocycles. The van der Waals surface area contributed by atoms with Gasteiger partial charge in [0, 0.05) is 11.1 Å². The number of ether oxygens (including phenoxy) is 2. The summed E-state index contributed by atoms with van der Waals surface area (Å²) in [7, 11) is 3.91. The molecule has 150 valence electrons. The molecule has 1 aromatic heterocycles. The molecule has 0 saturated carbocycles. The van der Waals surface area contributed by atoms with Gasteiger partial charge in [0.25, 0.3) is 5.66 Å². The van der Waals surface area contributed by atoms with Crippen LogP contribution >= 0.6 is 18.5 Å². The summed E-state index contributed by atoms with van der Waals surface area (Å²) in [5, 5.41) is 0.675. The molecule has 0 spiro atoms. The van der Waals surface area contributed by atoms with Gasteiger partial charge in [-0.1, -0.05) is 21.4 Å². The molecule has 1 aliphatic rings. The number of carbonyl (C=O) groups excluding carboxylic acids is 1. The van der Waals surface area contributed by atoms with Gasteiger partial charge in [0.15, 0.2) is 5.69 Å². The molecule has 28 heavy (non-hydrogen) atoms. The molecule has 0 N–H and O–H groups in total. The standard InChI is InChI=1S/C19H20F3NO3P2/c1-2-25-18(24)16-8-14(12-6-4-11(27)7-15(12)20)13-5-3-10(9-19(21,22)28)26-17(13)23-16/h4,6-8,10H,2-3,5,9,27-28H2,1H3. The lowest BCUT2D eigenvalue weighted by molar-refractivity contribution is 0.0327. The number of benzene rings is 1. The van der Waals surface area contributed by atoms with Gasteiger partial charge in [0.1, 0.15) is 11.9 Å². The van der Waals surface area contributed by atoms with Crippen molar-refractivity contribution >= 4 is 29.8 Å². The summed E-state index contributed by atoms with van der Waals surface area (Å²) >= 11 is 0. The third kappa shape index (κ3) is 4.82. The largest absolute Gasteiger partial charge is 0.474 e. The quantitative estimate of drug-likeness (QED) is 0.530. The Hall–Kier alpha value is -1.71. The van der Waals surface area contributed by atoms with Crippen molar-refractivity contribution in [2.45, 2.75) is 38.0 Å². The van der Waals surface area contributed by atoms with Crippen LogP contribution < -0.4 is 10.0 Å². The molecule has 3 unspecified atom stereocenters. The molecule has 2 aromatic rings. The van der Waals surface area contributed by atoms with Crippen LogP contribution in [0.15, 0.2) is 24.3 Å². The van der Waals surface area contributed by atoms with Crippen LogP contribution in [0.1, 0.15) is 35.8 Å². The molecule has 4 nitrogen and oxygen atoms in total. The first-order valence-electron chi connectivity index (χ1n) is 8.77. The van der Waals surface area contributed by atoms with E-state index < -0.39 is 30.0 Å². The second-order valence-corrected chi connectivity index (χ2v) is 8.05. The fourth-order valence-electron chi connectivity index (χ4n) is 3.16. The van der Waals surface area contributed by atoms with Crippen molar-refractivity contribution in [3.63, 3.8) is 0 Å². The van der Waals surface area contributed by atoms with Crippen LogP contribution in [0.2, 0.25) is 0 Å². The van der Waals surface area contributed by atoms with Crippen LogP contribution in [0.25, 0.3) is 11.1 Å². The smallest absolute Gasteiger partial charge is 0.357 e. The Morgan fingerprint density at radius 3 is 2.75 bits per heavy atom. The lowest BCUT2D eigenvalue weighted by Gasteiger charge is -2.28. The van der Waals surface area contributed by atoms with Gasteiger partial charge in [-0.2, -0.15) is 0 Å². The van der Waals surface area contributed by atoms with Gasteiger partial charge >= 0.3 is 5.97 Å². The summed E-state index contributed by atoms with van der Waals surface area (Å²) < 4.78 is 52.0. The third-order valence-corrected chi connectivity index (χ3v) is 4.94. The maximum Gasteiger partial charge on any atom is 0.357 e. The van der Waals surface area contributed by atoms with Gasteiger partial charge in [-0.3, -0.25) is 0 Å². The monoisotopic (exact) mass is 429 g/mol. The lowest BCUT2D eigenvalue weighted by Crippen LogP contribution is -2.29. The van der Waals surface area contributed by atoms with Crippen molar-refractivity contribution in [3.8, 4) is 17.0 Å². The van der Waals surface area contributed by atoms with Gasteiger partial charge in [-0.05, 0) is 42.8 Å². The number of halogens is 3. The Kier molecular flexibility index (Phi) is 6.26. The van der Waals surface area contributed by atoms with E-state index in [-0.39, 0.29) is 23.7 Å². The molecule has 0 amide bonds. The van der Waals surface area contributed by atoms with E-state index in [1.807, 2.05) is 0 Å². The van der Waals surface area contributed by atoms with E-state index in [9.17, 15) is 18.0 Å². The SMILES string of the molecule is CCOC(=O)c1cc(-c2ccc(P)cc2F)c2c(n1)OC(CC(F)(F)P)CC2. The molecule has 0 bridgehead atoms. The minimum absolute atomic E-state index is 0.0526. The zero-order valence-corrected chi connectivity index (χ0v) is 17.5. The van der Waals surface area contributed by atoms with Crippen LogP contribution in [-0.2, 0) is 11.2 Å². The zero-order chi connectivity index (χ0) is 20.5. The number of fused-ring (bicyclic) bond motifs is 1. The summed E-state index contributed by atoms with van der Waals surface area (Å²) in [6, 6.07) is 6.15. The minimum Gasteiger partial charge on any atom is -0.474 e. The molecule has 0 aliphatic carbocycles. The number of rotatable bonds is 5. The molecule has 1 aliphatic heterocycles. The first kappa shape index (κ1) is 21.0. The number of pyridine rings is 1. The lowest BCUT2D eigenvalue weighted by atomic mass is 9.93. The Balaban J connectivity index is 2.08. The van der Waals surface area contributed by atoms with E-state index in [1.165, 1.54) is 21.4 Å². The fourth-order valence-corrected chi connectivity index (χ4v) is 3.66. The average molecular weight is 429 g/mol. The minimum atomic E-state index is -2.97. The molecular formula is C19H20F3NO3P2. The van der Waals surface area contributed by atoms with Crippen LogP contribution in [0.5, 0.6) is 5.88 Å². The van der Waals surface area contributed by atoms with E-state index in [4.69, 9.17) is 9.47 Å². The highest BCUT2D eigenvalue weighted by atomic mass is 31.0. The van der Waals surface area contributed by atoms with E-state index >= 15 is 0 Å². The van der Waals surface area contributed by atoms with E-state index in [1.54, 1.807) is 19.1 Å². The molecule has 3 atom stereocenters. The predicted octanol–water partition coefficient (Wildman–Crippen LogP) is 4.12. The van der Waals surface area contributed by atoms with Crippen molar-refractivity contribution < 1.29 is 27.4 Å². The maximum absolute atomic E-state index is 14.6. The summed E-state index contributed by atoms with van der Waals surface area (Å²) in [5.74, 6) is -1.08. The second kappa shape index (κ2) is 8.34. The zero-order valence-electron chi connectivity index (χ0n) is 15.2. The fraction of sp³-hybridized carbons (Fsp3) is 0.368. The number of nitrogens with zero attached hydrogens (tertiary/aromatic N) is 1. The summed E-state index contributed by atoms with van der Waals surface area (Å²) in [5.41, 5.74) is -1.69. The first-order chi connectivity index (χ1) is 13.2. The molecule has 0 saturated heterocycles. The highest BCUT2D eigenvalue weighted by Gasteiger charge is 2.33. The molecular weight excluding hydrogens is 409 g/mol. The first-order valence-corrected chi connectivity index (χ1v) is 9.93. The van der Waals surface area contributed by atoms with Crippen LogP contribution in [-0.4, -0.2) is 29.3 Å². The van der Waals surface area contributed by atoms with Crippen LogP contribution in [0.3, 0.4) is 0 Å². The van der Waals surface area contributed by atoms with Gasteiger partial charge < -0.3 is 9.47 Å². The van der Waals surface area contributed by atoms with Crippen LogP contribution in [0, 0.1) is 5.82 Å². The molecule has 3 rings (SSSR count).